The number of rotatable bonds is 2. The van der Waals surface area contributed by atoms with Gasteiger partial charge >= 0.3 is 0 Å². The van der Waals surface area contributed by atoms with Crippen LogP contribution < -0.4 is 0 Å². The SMILES string of the molecule is Cc1cccc2c1[nH]c(=S)n2Cc1ccno1. The van der Waals surface area contributed by atoms with Crippen molar-refractivity contribution in [3.05, 3.63) is 46.6 Å². The van der Waals surface area contributed by atoms with E-state index in [1.54, 1.807) is 6.20 Å². The Morgan fingerprint density at radius 2 is 2.29 bits per heavy atom. The number of imidazole rings is 1. The highest BCUT2D eigenvalue weighted by molar-refractivity contribution is 7.71. The van der Waals surface area contributed by atoms with Crippen LogP contribution in [0.4, 0.5) is 0 Å². The van der Waals surface area contributed by atoms with Crippen LogP contribution in [0.15, 0.2) is 35.0 Å². The van der Waals surface area contributed by atoms with Crippen molar-refractivity contribution in [2.45, 2.75) is 13.5 Å². The van der Waals surface area contributed by atoms with Gasteiger partial charge in [0, 0.05) is 6.07 Å². The van der Waals surface area contributed by atoms with E-state index in [9.17, 15) is 0 Å². The van der Waals surface area contributed by atoms with Crippen molar-refractivity contribution < 1.29 is 4.52 Å². The van der Waals surface area contributed by atoms with E-state index in [1.807, 2.05) is 22.8 Å². The molecule has 0 spiro atoms. The summed E-state index contributed by atoms with van der Waals surface area (Å²) in [7, 11) is 0. The van der Waals surface area contributed by atoms with Gasteiger partial charge in [-0.2, -0.15) is 0 Å². The van der Waals surface area contributed by atoms with E-state index in [1.165, 1.54) is 5.56 Å². The second kappa shape index (κ2) is 3.85. The number of aromatic nitrogens is 3. The zero-order valence-electron chi connectivity index (χ0n) is 9.30. The quantitative estimate of drug-likeness (QED) is 0.706. The molecule has 0 radical (unpaired) electrons. The maximum atomic E-state index is 5.33. The standard InChI is InChI=1S/C12H11N3OS/c1-8-3-2-4-10-11(8)14-12(17)15(10)7-9-5-6-13-16-9/h2-6H,7H2,1H3,(H,14,17). The number of hydrogen-bond donors (Lipinski definition) is 1. The van der Waals surface area contributed by atoms with E-state index in [2.05, 4.69) is 23.1 Å². The fourth-order valence-corrected chi connectivity index (χ4v) is 2.23. The molecule has 0 saturated carbocycles. The lowest BCUT2D eigenvalue weighted by atomic mass is 10.2. The molecule has 0 amide bonds. The van der Waals surface area contributed by atoms with Gasteiger partial charge in [-0.15, -0.1) is 0 Å². The summed E-state index contributed by atoms with van der Waals surface area (Å²) in [6, 6.07) is 7.98. The third-order valence-electron chi connectivity index (χ3n) is 2.82. The molecule has 0 aliphatic carbocycles. The largest absolute Gasteiger partial charge is 0.359 e. The number of aryl methyl sites for hydroxylation is 1. The van der Waals surface area contributed by atoms with Crippen molar-refractivity contribution in [3.8, 4) is 0 Å². The molecule has 1 N–H and O–H groups in total. The van der Waals surface area contributed by atoms with E-state index in [0.717, 1.165) is 16.8 Å². The molecule has 0 atom stereocenters. The van der Waals surface area contributed by atoms with E-state index in [-0.39, 0.29) is 0 Å². The molecular weight excluding hydrogens is 234 g/mol. The van der Waals surface area contributed by atoms with Gasteiger partial charge in [0.15, 0.2) is 10.5 Å². The van der Waals surface area contributed by atoms with Crippen LogP contribution in [0.1, 0.15) is 11.3 Å². The summed E-state index contributed by atoms with van der Waals surface area (Å²) in [4.78, 5) is 3.22. The molecule has 2 heterocycles. The number of para-hydroxylation sites is 1. The van der Waals surface area contributed by atoms with Gasteiger partial charge in [-0.3, -0.25) is 0 Å². The van der Waals surface area contributed by atoms with E-state index in [4.69, 9.17) is 16.7 Å². The lowest BCUT2D eigenvalue weighted by Gasteiger charge is -2.01. The van der Waals surface area contributed by atoms with Crippen molar-refractivity contribution in [1.29, 1.82) is 0 Å². The number of fused-ring (bicyclic) bond motifs is 1. The lowest BCUT2D eigenvalue weighted by Crippen LogP contribution is -1.98. The molecule has 4 nitrogen and oxygen atoms in total. The summed E-state index contributed by atoms with van der Waals surface area (Å²) in [5.41, 5.74) is 3.35. The molecule has 0 aliphatic heterocycles. The molecule has 3 aromatic rings. The summed E-state index contributed by atoms with van der Waals surface area (Å²) in [5, 5.41) is 3.70. The van der Waals surface area contributed by atoms with Gasteiger partial charge < -0.3 is 14.1 Å². The third-order valence-corrected chi connectivity index (χ3v) is 3.15. The van der Waals surface area contributed by atoms with Crippen LogP contribution in [-0.2, 0) is 6.54 Å². The Balaban J connectivity index is 2.19. The minimum absolute atomic E-state index is 0.599. The highest BCUT2D eigenvalue weighted by Gasteiger charge is 2.07. The molecular formula is C12H11N3OS. The average molecular weight is 245 g/mol. The van der Waals surface area contributed by atoms with Gasteiger partial charge in [0.2, 0.25) is 0 Å². The highest BCUT2D eigenvalue weighted by atomic mass is 32.1. The van der Waals surface area contributed by atoms with Crippen molar-refractivity contribution in [2.75, 3.05) is 0 Å². The van der Waals surface area contributed by atoms with Gasteiger partial charge in [-0.25, -0.2) is 0 Å². The zero-order valence-corrected chi connectivity index (χ0v) is 10.1. The molecule has 0 saturated heterocycles. The van der Waals surface area contributed by atoms with Gasteiger partial charge in [0.1, 0.15) is 0 Å². The van der Waals surface area contributed by atoms with Crippen LogP contribution >= 0.6 is 12.2 Å². The Bertz CT molecular complexity index is 709. The van der Waals surface area contributed by atoms with E-state index in [0.29, 0.717) is 11.3 Å². The van der Waals surface area contributed by atoms with Crippen LogP contribution in [0, 0.1) is 11.7 Å². The first-order valence-electron chi connectivity index (χ1n) is 5.33. The second-order valence-corrected chi connectivity index (χ2v) is 4.35. The molecule has 0 fully saturated rings. The zero-order chi connectivity index (χ0) is 11.8. The van der Waals surface area contributed by atoms with Crippen molar-refractivity contribution in [3.63, 3.8) is 0 Å². The van der Waals surface area contributed by atoms with Crippen LogP contribution in [0.2, 0.25) is 0 Å². The first kappa shape index (κ1) is 10.3. The molecule has 3 rings (SSSR count). The summed E-state index contributed by atoms with van der Waals surface area (Å²) >= 11 is 5.33. The predicted octanol–water partition coefficient (Wildman–Crippen LogP) is 3.04. The molecule has 2 aromatic heterocycles. The fraction of sp³-hybridized carbons (Fsp3) is 0.167. The minimum Gasteiger partial charge on any atom is -0.359 e. The van der Waals surface area contributed by atoms with Gasteiger partial charge in [0.25, 0.3) is 0 Å². The Hall–Kier alpha value is -1.88. The van der Waals surface area contributed by atoms with Crippen molar-refractivity contribution in [1.82, 2.24) is 14.7 Å². The monoisotopic (exact) mass is 245 g/mol. The van der Waals surface area contributed by atoms with Crippen LogP contribution in [0.5, 0.6) is 0 Å². The molecule has 0 bridgehead atoms. The smallest absolute Gasteiger partial charge is 0.178 e. The first-order valence-corrected chi connectivity index (χ1v) is 5.74. The summed E-state index contributed by atoms with van der Waals surface area (Å²) in [6.07, 6.45) is 1.64. The number of H-pyrrole nitrogens is 1. The van der Waals surface area contributed by atoms with Crippen molar-refractivity contribution in [2.24, 2.45) is 0 Å². The maximum absolute atomic E-state index is 5.33. The van der Waals surface area contributed by atoms with Gasteiger partial charge in [-0.05, 0) is 30.8 Å². The molecule has 17 heavy (non-hydrogen) atoms. The normalized spacial score (nSPS) is 11.1. The minimum atomic E-state index is 0.599. The number of aromatic amines is 1. The Morgan fingerprint density at radius 3 is 3.06 bits per heavy atom. The second-order valence-electron chi connectivity index (χ2n) is 3.96. The Morgan fingerprint density at radius 1 is 1.41 bits per heavy atom. The molecule has 0 aliphatic rings. The summed E-state index contributed by atoms with van der Waals surface area (Å²) < 4.78 is 7.82. The Kier molecular flexibility index (Phi) is 2.33. The van der Waals surface area contributed by atoms with Crippen LogP contribution in [-0.4, -0.2) is 14.7 Å². The lowest BCUT2D eigenvalue weighted by molar-refractivity contribution is 0.377. The summed E-state index contributed by atoms with van der Waals surface area (Å²) in [6.45, 7) is 2.66. The maximum Gasteiger partial charge on any atom is 0.178 e. The molecule has 5 heteroatoms. The first-order chi connectivity index (χ1) is 8.25. The number of nitrogens with zero attached hydrogens (tertiary/aromatic N) is 2. The molecule has 1 aromatic carbocycles. The average Bonchev–Trinajstić information content (AvgIpc) is 2.91. The third kappa shape index (κ3) is 1.68. The molecule has 0 unspecified atom stereocenters. The number of hydrogen-bond acceptors (Lipinski definition) is 3. The number of benzene rings is 1. The highest BCUT2D eigenvalue weighted by Crippen LogP contribution is 2.18. The molecule has 86 valence electrons. The fourth-order valence-electron chi connectivity index (χ4n) is 1.96. The summed E-state index contributed by atoms with van der Waals surface area (Å²) in [5.74, 6) is 0.795. The van der Waals surface area contributed by atoms with E-state index >= 15 is 0 Å². The number of nitrogens with one attached hydrogen (secondary N) is 1. The Labute approximate surface area is 103 Å². The van der Waals surface area contributed by atoms with Gasteiger partial charge in [0.05, 0.1) is 23.8 Å². The van der Waals surface area contributed by atoms with Crippen LogP contribution in [0.25, 0.3) is 11.0 Å². The van der Waals surface area contributed by atoms with Crippen LogP contribution in [0.3, 0.4) is 0 Å². The predicted molar refractivity (Wildman–Crippen MR) is 67.5 cm³/mol. The van der Waals surface area contributed by atoms with Crippen molar-refractivity contribution >= 4 is 23.3 Å². The van der Waals surface area contributed by atoms with E-state index < -0.39 is 0 Å². The van der Waals surface area contributed by atoms with Gasteiger partial charge in [-0.1, -0.05) is 17.3 Å². The topological polar surface area (TPSA) is 46.8 Å².